The largest absolute Gasteiger partial charge is 0.493 e. The van der Waals surface area contributed by atoms with Crippen molar-refractivity contribution >= 4 is 17.3 Å². The highest BCUT2D eigenvalue weighted by molar-refractivity contribution is 6.31. The molecule has 0 unspecified atom stereocenters. The average Bonchev–Trinajstić information content (AvgIpc) is 3.19. The molecule has 0 aliphatic heterocycles. The molecule has 6 nitrogen and oxygen atoms in total. The molecule has 7 heteroatoms. The van der Waals surface area contributed by atoms with Gasteiger partial charge in [-0.2, -0.15) is 0 Å². The molecule has 0 bridgehead atoms. The van der Waals surface area contributed by atoms with Crippen molar-refractivity contribution in [2.75, 3.05) is 7.11 Å². The summed E-state index contributed by atoms with van der Waals surface area (Å²) in [6.07, 6.45) is 4.99. The van der Waals surface area contributed by atoms with Crippen LogP contribution in [-0.2, 0) is 13.2 Å². The number of rotatable bonds is 8. The Morgan fingerprint density at radius 1 is 1.19 bits per heavy atom. The summed E-state index contributed by atoms with van der Waals surface area (Å²) in [5.41, 5.74) is 1.85. The van der Waals surface area contributed by atoms with Crippen LogP contribution in [0.2, 0.25) is 5.02 Å². The van der Waals surface area contributed by atoms with Gasteiger partial charge in [-0.3, -0.25) is 10.1 Å². The molecule has 1 N–H and O–H groups in total. The second-order valence-corrected chi connectivity index (χ2v) is 7.08. The van der Waals surface area contributed by atoms with Crippen molar-refractivity contribution < 1.29 is 14.4 Å². The summed E-state index contributed by atoms with van der Waals surface area (Å²) >= 11 is 6.43. The van der Waals surface area contributed by atoms with Crippen LogP contribution in [0.4, 0.5) is 5.69 Å². The number of hydrogen-bond donors (Lipinski definition) is 1. The van der Waals surface area contributed by atoms with Gasteiger partial charge in [0.25, 0.3) is 5.69 Å². The molecule has 3 rings (SSSR count). The maximum Gasteiger partial charge on any atom is 0.269 e. The summed E-state index contributed by atoms with van der Waals surface area (Å²) in [4.78, 5) is 10.3. The van der Waals surface area contributed by atoms with Gasteiger partial charge in [0, 0.05) is 35.8 Å². The topological polar surface area (TPSA) is 73.6 Å². The molecule has 1 fully saturated rings. The quantitative estimate of drug-likeness (QED) is 0.514. The van der Waals surface area contributed by atoms with Gasteiger partial charge >= 0.3 is 0 Å². The van der Waals surface area contributed by atoms with E-state index in [4.69, 9.17) is 21.1 Å². The van der Waals surface area contributed by atoms with Crippen LogP contribution in [-0.4, -0.2) is 18.1 Å². The summed E-state index contributed by atoms with van der Waals surface area (Å²) in [6, 6.07) is 10.5. The smallest absolute Gasteiger partial charge is 0.269 e. The van der Waals surface area contributed by atoms with Gasteiger partial charge in [-0.1, -0.05) is 24.4 Å². The van der Waals surface area contributed by atoms with Gasteiger partial charge in [0.2, 0.25) is 0 Å². The van der Waals surface area contributed by atoms with Crippen LogP contribution in [0, 0.1) is 10.1 Å². The fourth-order valence-electron chi connectivity index (χ4n) is 3.24. The van der Waals surface area contributed by atoms with Crippen LogP contribution in [0.15, 0.2) is 36.4 Å². The van der Waals surface area contributed by atoms with E-state index >= 15 is 0 Å². The molecular weight excluding hydrogens is 368 g/mol. The number of non-ortho nitro benzene ring substituents is 1. The Morgan fingerprint density at radius 2 is 1.89 bits per heavy atom. The van der Waals surface area contributed by atoms with Crippen LogP contribution < -0.4 is 14.8 Å². The lowest BCUT2D eigenvalue weighted by molar-refractivity contribution is -0.384. The third kappa shape index (κ3) is 5.11. The fraction of sp³-hybridized carbons (Fsp3) is 0.400. The number of benzene rings is 2. The van der Waals surface area contributed by atoms with Crippen LogP contribution >= 0.6 is 11.6 Å². The number of nitro groups is 1. The normalized spacial score (nSPS) is 14.3. The van der Waals surface area contributed by atoms with E-state index in [9.17, 15) is 10.1 Å². The molecule has 0 saturated heterocycles. The first kappa shape index (κ1) is 19.5. The van der Waals surface area contributed by atoms with Crippen LogP contribution in [0.1, 0.15) is 36.8 Å². The summed E-state index contributed by atoms with van der Waals surface area (Å²) in [6.45, 7) is 0.965. The second kappa shape index (κ2) is 9.06. The lowest BCUT2D eigenvalue weighted by Gasteiger charge is -2.16. The number of methoxy groups -OCH3 is 1. The van der Waals surface area contributed by atoms with Crippen molar-refractivity contribution in [2.24, 2.45) is 0 Å². The van der Waals surface area contributed by atoms with E-state index in [0.717, 1.165) is 11.1 Å². The lowest BCUT2D eigenvalue weighted by Crippen LogP contribution is -2.25. The molecule has 144 valence electrons. The number of ether oxygens (including phenoxy) is 2. The maximum atomic E-state index is 10.7. The first-order valence-electron chi connectivity index (χ1n) is 9.02. The minimum atomic E-state index is -0.425. The Kier molecular flexibility index (Phi) is 6.53. The van der Waals surface area contributed by atoms with Gasteiger partial charge in [-0.05, 0) is 42.2 Å². The standard InChI is InChI=1S/C20H23ClN2O4/c1-26-19-10-15(12-22-16-4-2-3-5-16)18(21)11-20(19)27-13-14-6-8-17(9-7-14)23(24)25/h6-11,16,22H,2-5,12-13H2,1H3. The zero-order valence-electron chi connectivity index (χ0n) is 15.2. The summed E-state index contributed by atoms with van der Waals surface area (Å²) in [5, 5.41) is 14.9. The minimum Gasteiger partial charge on any atom is -0.493 e. The molecule has 0 atom stereocenters. The van der Waals surface area contributed by atoms with E-state index in [1.807, 2.05) is 6.07 Å². The molecule has 1 saturated carbocycles. The predicted octanol–water partition coefficient (Wildman–Crippen LogP) is 4.87. The van der Waals surface area contributed by atoms with Crippen molar-refractivity contribution in [3.63, 3.8) is 0 Å². The van der Waals surface area contributed by atoms with Gasteiger partial charge in [-0.25, -0.2) is 0 Å². The van der Waals surface area contributed by atoms with E-state index in [1.165, 1.54) is 37.8 Å². The number of halogens is 1. The van der Waals surface area contributed by atoms with Gasteiger partial charge in [0.05, 0.1) is 12.0 Å². The molecule has 2 aromatic carbocycles. The van der Waals surface area contributed by atoms with E-state index < -0.39 is 4.92 Å². The van der Waals surface area contributed by atoms with E-state index in [2.05, 4.69) is 5.32 Å². The van der Waals surface area contributed by atoms with Gasteiger partial charge in [0.1, 0.15) is 6.61 Å². The molecule has 0 aromatic heterocycles. The van der Waals surface area contributed by atoms with E-state index in [0.29, 0.717) is 29.1 Å². The van der Waals surface area contributed by atoms with E-state index in [1.54, 1.807) is 25.3 Å². The average molecular weight is 391 g/mol. The molecular formula is C20H23ClN2O4. The van der Waals surface area contributed by atoms with Crippen molar-refractivity contribution in [1.82, 2.24) is 5.32 Å². The fourth-order valence-corrected chi connectivity index (χ4v) is 3.46. The summed E-state index contributed by atoms with van der Waals surface area (Å²) in [5.74, 6) is 1.16. The van der Waals surface area contributed by atoms with E-state index in [-0.39, 0.29) is 12.3 Å². The highest BCUT2D eigenvalue weighted by Crippen LogP contribution is 2.34. The van der Waals surface area contributed by atoms with Gasteiger partial charge < -0.3 is 14.8 Å². The van der Waals surface area contributed by atoms with Crippen molar-refractivity contribution in [3.8, 4) is 11.5 Å². The highest BCUT2D eigenvalue weighted by Gasteiger charge is 2.16. The van der Waals surface area contributed by atoms with Gasteiger partial charge in [0.15, 0.2) is 11.5 Å². The molecule has 0 amide bonds. The third-order valence-electron chi connectivity index (χ3n) is 4.81. The predicted molar refractivity (Wildman–Crippen MR) is 105 cm³/mol. The van der Waals surface area contributed by atoms with Crippen molar-refractivity contribution in [2.45, 2.75) is 44.9 Å². The minimum absolute atomic E-state index is 0.0542. The molecule has 27 heavy (non-hydrogen) atoms. The zero-order chi connectivity index (χ0) is 19.2. The number of nitrogens with one attached hydrogen (secondary N) is 1. The first-order chi connectivity index (χ1) is 13.1. The Balaban J connectivity index is 1.65. The molecule has 2 aromatic rings. The van der Waals surface area contributed by atoms with Crippen LogP contribution in [0.5, 0.6) is 11.5 Å². The Hall–Kier alpha value is -2.31. The first-order valence-corrected chi connectivity index (χ1v) is 9.40. The molecule has 0 radical (unpaired) electrons. The number of nitrogens with zero attached hydrogens (tertiary/aromatic N) is 1. The maximum absolute atomic E-state index is 10.7. The monoisotopic (exact) mass is 390 g/mol. The van der Waals surface area contributed by atoms with Crippen LogP contribution in [0.25, 0.3) is 0 Å². The van der Waals surface area contributed by atoms with Crippen molar-refractivity contribution in [3.05, 3.63) is 62.7 Å². The summed E-state index contributed by atoms with van der Waals surface area (Å²) in [7, 11) is 1.59. The number of nitro benzene ring substituents is 1. The number of hydrogen-bond acceptors (Lipinski definition) is 5. The van der Waals surface area contributed by atoms with Gasteiger partial charge in [-0.15, -0.1) is 0 Å². The molecule has 0 spiro atoms. The Bertz CT molecular complexity index is 789. The molecule has 0 heterocycles. The SMILES string of the molecule is COc1cc(CNC2CCCC2)c(Cl)cc1OCc1ccc([N+](=O)[O-])cc1. The second-order valence-electron chi connectivity index (χ2n) is 6.67. The third-order valence-corrected chi connectivity index (χ3v) is 5.16. The lowest BCUT2D eigenvalue weighted by atomic mass is 10.1. The zero-order valence-corrected chi connectivity index (χ0v) is 16.0. The Labute approximate surface area is 163 Å². The Morgan fingerprint density at radius 3 is 2.52 bits per heavy atom. The molecule has 1 aliphatic rings. The van der Waals surface area contributed by atoms with Crippen LogP contribution in [0.3, 0.4) is 0 Å². The molecule has 1 aliphatic carbocycles. The van der Waals surface area contributed by atoms with Crippen molar-refractivity contribution in [1.29, 1.82) is 0 Å². The summed E-state index contributed by atoms with van der Waals surface area (Å²) < 4.78 is 11.3. The highest BCUT2D eigenvalue weighted by atomic mass is 35.5.